The number of nitrogens with two attached hydrogens (primary N) is 1. The Kier molecular flexibility index (Phi) is 24.3. The van der Waals surface area contributed by atoms with Crippen LogP contribution in [0.2, 0.25) is 5.02 Å². The number of ether oxygens (including phenoxy) is 3. The molecule has 1 aliphatic heterocycles. The summed E-state index contributed by atoms with van der Waals surface area (Å²) < 4.78 is 16.2. The lowest BCUT2D eigenvalue weighted by Gasteiger charge is -2.34. The van der Waals surface area contributed by atoms with Crippen molar-refractivity contribution in [2.24, 2.45) is 5.73 Å². The quantitative estimate of drug-likeness (QED) is 0.0251. The summed E-state index contributed by atoms with van der Waals surface area (Å²) in [6, 6.07) is 12.4. The SMILES string of the molecule is Cc1ccc(C(=O)N[C@@H](CCCCNC(=O)c2cccc(OCC(=O)O)c2)C(=O)N[C@@H](Cc2cccc(Cl)c2)C(=O)NCCOCCOCCNC(=O)CCC(=O)N2CCN(CC(N)=O)CC2)c([N+](=O)[O-])c1O. The van der Waals surface area contributed by atoms with Gasteiger partial charge in [-0.05, 0) is 73.7 Å². The van der Waals surface area contributed by atoms with Crippen molar-refractivity contribution < 1.29 is 67.7 Å². The Balaban J connectivity index is 1.28. The Labute approximate surface area is 425 Å². The van der Waals surface area contributed by atoms with Crippen LogP contribution in [0.1, 0.15) is 63.9 Å². The van der Waals surface area contributed by atoms with E-state index < -0.39 is 76.1 Å². The van der Waals surface area contributed by atoms with E-state index in [0.29, 0.717) is 36.8 Å². The van der Waals surface area contributed by atoms with Gasteiger partial charge in [-0.3, -0.25) is 48.6 Å². The molecule has 0 radical (unpaired) electrons. The predicted octanol–water partition coefficient (Wildman–Crippen LogP) is 0.827. The minimum absolute atomic E-state index is 0.0149. The number of primary amides is 1. The number of nitrogens with zero attached hydrogens (tertiary/aromatic N) is 3. The highest BCUT2D eigenvalue weighted by Gasteiger charge is 2.31. The molecule has 1 aliphatic rings. The Morgan fingerprint density at radius 3 is 2.16 bits per heavy atom. The van der Waals surface area contributed by atoms with Crippen LogP contribution in [-0.2, 0) is 44.7 Å². The Hall–Kier alpha value is -7.41. The molecule has 4 rings (SSSR count). The first-order valence-corrected chi connectivity index (χ1v) is 23.8. The van der Waals surface area contributed by atoms with Crippen molar-refractivity contribution in [1.29, 1.82) is 0 Å². The number of phenols is 1. The highest BCUT2D eigenvalue weighted by Crippen LogP contribution is 2.33. The summed E-state index contributed by atoms with van der Waals surface area (Å²) in [5.41, 5.74) is 4.79. The van der Waals surface area contributed by atoms with E-state index in [-0.39, 0.29) is 120 Å². The summed E-state index contributed by atoms with van der Waals surface area (Å²) in [7, 11) is 0. The van der Waals surface area contributed by atoms with Crippen LogP contribution in [0.3, 0.4) is 0 Å². The van der Waals surface area contributed by atoms with E-state index in [1.54, 1.807) is 29.2 Å². The van der Waals surface area contributed by atoms with Crippen LogP contribution in [0, 0.1) is 17.0 Å². The zero-order valence-corrected chi connectivity index (χ0v) is 41.1. The number of phenolic OH excluding ortho intramolecular Hbond substituents is 1. The fourth-order valence-electron chi connectivity index (χ4n) is 7.38. The van der Waals surface area contributed by atoms with Crippen LogP contribution in [-0.4, -0.2) is 170 Å². The number of carboxylic acid groups (broad SMARTS) is 1. The largest absolute Gasteiger partial charge is 0.502 e. The fourth-order valence-corrected chi connectivity index (χ4v) is 7.59. The molecule has 73 heavy (non-hydrogen) atoms. The summed E-state index contributed by atoms with van der Waals surface area (Å²) in [4.78, 5) is 116. The number of aryl methyl sites for hydroxylation is 1. The summed E-state index contributed by atoms with van der Waals surface area (Å²) in [5, 5.41) is 45.0. The van der Waals surface area contributed by atoms with Crippen molar-refractivity contribution in [3.05, 3.63) is 98.1 Å². The maximum atomic E-state index is 14.1. The van der Waals surface area contributed by atoms with E-state index >= 15 is 0 Å². The number of nitrogens with one attached hydrogen (secondary N) is 5. The number of hydrogen-bond acceptors (Lipinski definition) is 15. The van der Waals surface area contributed by atoms with Crippen molar-refractivity contribution >= 4 is 64.6 Å². The Morgan fingerprint density at radius 1 is 0.795 bits per heavy atom. The summed E-state index contributed by atoms with van der Waals surface area (Å²) in [6.07, 6.45) is 0.463. The average molecular weight is 1040 g/mol. The molecule has 0 spiro atoms. The number of aliphatic carboxylic acids is 1. The molecule has 0 bridgehead atoms. The number of unbranched alkanes of at least 4 members (excludes halogenated alkanes) is 1. The third-order valence-electron chi connectivity index (χ3n) is 11.2. The maximum absolute atomic E-state index is 14.1. The van der Waals surface area contributed by atoms with Crippen LogP contribution in [0.5, 0.6) is 11.5 Å². The second-order valence-electron chi connectivity index (χ2n) is 16.8. The van der Waals surface area contributed by atoms with Crippen molar-refractivity contribution in [2.75, 3.05) is 85.4 Å². The van der Waals surface area contributed by atoms with Gasteiger partial charge in [0.1, 0.15) is 23.4 Å². The smallest absolute Gasteiger partial charge is 0.341 e. The van der Waals surface area contributed by atoms with Crippen LogP contribution in [0.25, 0.3) is 0 Å². The van der Waals surface area contributed by atoms with Crippen molar-refractivity contribution in [1.82, 2.24) is 36.4 Å². The number of rotatable bonds is 31. The first-order valence-electron chi connectivity index (χ1n) is 23.5. The van der Waals surface area contributed by atoms with Gasteiger partial charge in [0.05, 0.1) is 37.9 Å². The minimum atomic E-state index is -1.38. The monoisotopic (exact) mass is 1040 g/mol. The molecule has 25 heteroatoms. The molecular formula is C48H62ClN9O15. The second-order valence-corrected chi connectivity index (χ2v) is 17.2. The molecule has 0 unspecified atom stereocenters. The number of carbonyl (C=O) groups excluding carboxylic acids is 7. The molecule has 0 aliphatic carbocycles. The molecule has 0 saturated carbocycles. The van der Waals surface area contributed by atoms with Crippen LogP contribution in [0.15, 0.2) is 60.7 Å². The summed E-state index contributed by atoms with van der Waals surface area (Å²) >= 11 is 6.23. The molecule has 7 amide bonds. The standard InChI is InChI=1S/C48H62ClN9O15/c1-31-11-12-36(43(44(31)64)58(69)70)46(66)54-37(10-2-3-15-52-45(65)33-7-5-9-35(28-33)73-30-42(62)63)48(68)55-38(27-32-6-4-8-34(49)26-32)47(67)53-17-23-72-25-24-71-22-16-51-40(60)13-14-41(61)57-20-18-56(19-21-57)29-39(50)59/h4-9,11-12,26,28,37-38,64H,2-3,10,13-25,27,29-30H2,1H3,(H2,50,59)(H,51,60)(H,52,65)(H,53,67)(H,54,66)(H,55,68)(H,62,63)/t37-,38-/m0/s1. The normalized spacial score (nSPS) is 13.2. The molecule has 3 aromatic carbocycles. The number of carbonyl (C=O) groups is 8. The number of hydrogen-bond donors (Lipinski definition) is 8. The minimum Gasteiger partial charge on any atom is -0.502 e. The second kappa shape index (κ2) is 30.5. The number of nitro groups is 1. The van der Waals surface area contributed by atoms with Crippen molar-refractivity contribution in [2.45, 2.75) is 57.5 Å². The lowest BCUT2D eigenvalue weighted by Crippen LogP contribution is -2.54. The Bertz CT molecular complexity index is 2420. The Morgan fingerprint density at radius 2 is 1.49 bits per heavy atom. The number of amides is 7. The molecule has 0 aromatic heterocycles. The van der Waals surface area contributed by atoms with Gasteiger partial charge in [0.2, 0.25) is 29.5 Å². The predicted molar refractivity (Wildman–Crippen MR) is 263 cm³/mol. The van der Waals surface area contributed by atoms with Crippen LogP contribution >= 0.6 is 11.6 Å². The molecule has 24 nitrogen and oxygen atoms in total. The van der Waals surface area contributed by atoms with Gasteiger partial charge in [-0.1, -0.05) is 35.9 Å². The maximum Gasteiger partial charge on any atom is 0.341 e. The van der Waals surface area contributed by atoms with Gasteiger partial charge in [-0.2, -0.15) is 0 Å². The average Bonchev–Trinajstić information content (AvgIpc) is 3.35. The van der Waals surface area contributed by atoms with Gasteiger partial charge in [-0.25, -0.2) is 4.79 Å². The lowest BCUT2D eigenvalue weighted by molar-refractivity contribution is -0.386. The van der Waals surface area contributed by atoms with E-state index in [2.05, 4.69) is 26.6 Å². The van der Waals surface area contributed by atoms with E-state index in [0.717, 1.165) is 6.07 Å². The first-order chi connectivity index (χ1) is 34.9. The molecule has 1 heterocycles. The van der Waals surface area contributed by atoms with Crippen LogP contribution < -0.4 is 37.1 Å². The third-order valence-corrected chi connectivity index (χ3v) is 11.4. The fraction of sp³-hybridized carbons (Fsp3) is 0.458. The van der Waals surface area contributed by atoms with Crippen molar-refractivity contribution in [3.63, 3.8) is 0 Å². The van der Waals surface area contributed by atoms with Gasteiger partial charge in [0, 0.05) is 75.7 Å². The van der Waals surface area contributed by atoms with Gasteiger partial charge >= 0.3 is 11.7 Å². The first kappa shape index (κ1) is 58.2. The summed E-state index contributed by atoms with van der Waals surface area (Å²) in [6.45, 7) is 3.80. The molecular weight excluding hydrogens is 978 g/mol. The van der Waals surface area contributed by atoms with Gasteiger partial charge in [0.25, 0.3) is 11.8 Å². The highest BCUT2D eigenvalue weighted by molar-refractivity contribution is 6.30. The number of carboxylic acids is 1. The highest BCUT2D eigenvalue weighted by atomic mass is 35.5. The number of nitro benzene ring substituents is 1. The number of aromatic hydroxyl groups is 1. The molecule has 396 valence electrons. The zero-order valence-electron chi connectivity index (χ0n) is 40.4. The number of piperazine rings is 1. The van der Waals surface area contributed by atoms with E-state index in [9.17, 15) is 53.6 Å². The molecule has 9 N–H and O–H groups in total. The molecule has 1 saturated heterocycles. The van der Waals surface area contributed by atoms with Gasteiger partial charge in [-0.15, -0.1) is 0 Å². The zero-order chi connectivity index (χ0) is 53.3. The molecule has 3 aromatic rings. The van der Waals surface area contributed by atoms with E-state index in [1.165, 1.54) is 37.3 Å². The molecule has 2 atom stereocenters. The summed E-state index contributed by atoms with van der Waals surface area (Å²) in [5.74, 6) is -5.58. The number of halogens is 1. The number of benzene rings is 3. The molecule has 1 fully saturated rings. The van der Waals surface area contributed by atoms with Gasteiger partial charge < -0.3 is 61.6 Å². The third kappa shape index (κ3) is 20.7. The van der Waals surface area contributed by atoms with Crippen molar-refractivity contribution in [3.8, 4) is 11.5 Å². The van der Waals surface area contributed by atoms with Gasteiger partial charge in [0.15, 0.2) is 12.4 Å². The van der Waals surface area contributed by atoms with E-state index in [4.69, 9.17) is 36.7 Å². The van der Waals surface area contributed by atoms with Crippen LogP contribution in [0.4, 0.5) is 5.69 Å². The topological polar surface area (TPSA) is 340 Å². The lowest BCUT2D eigenvalue weighted by atomic mass is 10.0. The van der Waals surface area contributed by atoms with E-state index in [1.807, 2.05) is 4.90 Å².